The van der Waals surface area contributed by atoms with Crippen LogP contribution in [0, 0.1) is 0 Å². The van der Waals surface area contributed by atoms with E-state index in [-0.39, 0.29) is 12.6 Å². The molecule has 0 aliphatic heterocycles. The number of aromatic amines is 1. The van der Waals surface area contributed by atoms with Gasteiger partial charge in [0.05, 0.1) is 19.8 Å². The minimum atomic E-state index is -4.16. The first-order chi connectivity index (χ1) is 10.9. The van der Waals surface area contributed by atoms with Crippen LogP contribution in [0.5, 0.6) is 5.88 Å². The van der Waals surface area contributed by atoms with E-state index in [1.165, 1.54) is 0 Å². The molecule has 0 aromatic carbocycles. The monoisotopic (exact) mass is 346 g/mol. The van der Waals surface area contributed by atoms with E-state index in [0.29, 0.717) is 30.2 Å². The summed E-state index contributed by atoms with van der Waals surface area (Å²) in [5, 5.41) is 0. The fraction of sp³-hybridized carbons (Fsp3) is 0.583. The molecule has 0 saturated heterocycles. The number of hydrogen-bond donors (Lipinski definition) is 4. The van der Waals surface area contributed by atoms with Gasteiger partial charge in [0.1, 0.15) is 6.35 Å². The summed E-state index contributed by atoms with van der Waals surface area (Å²) < 4.78 is 23.0. The van der Waals surface area contributed by atoms with E-state index in [4.69, 9.17) is 25.0 Å². The second-order valence-electron chi connectivity index (χ2n) is 4.96. The number of anilines is 1. The van der Waals surface area contributed by atoms with Gasteiger partial charge in [-0.2, -0.15) is 4.98 Å². The van der Waals surface area contributed by atoms with Crippen LogP contribution >= 0.6 is 7.60 Å². The minimum absolute atomic E-state index is 0.0912. The lowest BCUT2D eigenvalue weighted by molar-refractivity contribution is -0.674. The van der Waals surface area contributed by atoms with Crippen molar-refractivity contribution in [2.75, 3.05) is 25.3 Å². The number of nitrogen functional groups attached to an aromatic ring is 1. The molecule has 11 heteroatoms. The quantitative estimate of drug-likeness (QED) is 0.285. The molecule has 0 atom stereocenters. The molecule has 0 radical (unpaired) electrons. The molecule has 10 nitrogen and oxygen atoms in total. The van der Waals surface area contributed by atoms with E-state index in [0.717, 1.165) is 12.8 Å². The lowest BCUT2D eigenvalue weighted by Crippen LogP contribution is -2.35. The third-order valence-electron chi connectivity index (χ3n) is 2.98. The van der Waals surface area contributed by atoms with Gasteiger partial charge in [-0.1, -0.05) is 18.3 Å². The lowest BCUT2D eigenvalue weighted by Gasteiger charge is -2.05. The Morgan fingerprint density at radius 3 is 2.87 bits per heavy atom. The molecule has 23 heavy (non-hydrogen) atoms. The first kappa shape index (κ1) is 17.6. The number of rotatable bonds is 9. The molecule has 0 fully saturated rings. The number of ether oxygens (including phenoxy) is 2. The highest BCUT2D eigenvalue weighted by atomic mass is 31.2. The highest BCUT2D eigenvalue weighted by Gasteiger charge is 2.20. The van der Waals surface area contributed by atoms with Crippen molar-refractivity contribution in [2.24, 2.45) is 0 Å². The van der Waals surface area contributed by atoms with Crippen LogP contribution in [0.25, 0.3) is 11.2 Å². The smallest absolute Gasteiger partial charge is 0.350 e. The van der Waals surface area contributed by atoms with Crippen LogP contribution in [0.1, 0.15) is 19.8 Å². The zero-order valence-electron chi connectivity index (χ0n) is 12.8. The Kier molecular flexibility index (Phi) is 5.89. The first-order valence-corrected chi connectivity index (χ1v) is 8.99. The summed E-state index contributed by atoms with van der Waals surface area (Å²) in [5.41, 5.74) is 6.87. The second kappa shape index (κ2) is 7.69. The first-order valence-electron chi connectivity index (χ1n) is 7.20. The van der Waals surface area contributed by atoms with Crippen LogP contribution in [0.4, 0.5) is 5.95 Å². The largest absolute Gasteiger partial charge is 0.475 e. The van der Waals surface area contributed by atoms with Gasteiger partial charge in [-0.15, -0.1) is 0 Å². The molecule has 5 N–H and O–H groups in total. The number of nitrogens with two attached hydrogens (primary N) is 1. The SMILES string of the molecule is CCCCOc1nc(N)nc2c1[nH]c[n+]2CCOCP(=O)(O)O. The molecule has 0 unspecified atom stereocenters. The van der Waals surface area contributed by atoms with E-state index >= 15 is 0 Å². The van der Waals surface area contributed by atoms with Crippen LogP contribution in [-0.2, 0) is 15.8 Å². The Bertz CT molecular complexity index is 700. The Morgan fingerprint density at radius 1 is 1.39 bits per heavy atom. The maximum atomic E-state index is 10.7. The van der Waals surface area contributed by atoms with Crippen LogP contribution in [-0.4, -0.2) is 44.3 Å². The fourth-order valence-corrected chi connectivity index (χ4v) is 2.28. The second-order valence-corrected chi connectivity index (χ2v) is 6.54. The summed E-state index contributed by atoms with van der Waals surface area (Å²) in [4.78, 5) is 28.7. The number of H-pyrrole nitrogens is 1. The van der Waals surface area contributed by atoms with Crippen molar-refractivity contribution < 1.29 is 28.4 Å². The van der Waals surface area contributed by atoms with Crippen molar-refractivity contribution in [1.82, 2.24) is 15.0 Å². The average Bonchev–Trinajstić information content (AvgIpc) is 2.86. The van der Waals surface area contributed by atoms with Crippen molar-refractivity contribution in [2.45, 2.75) is 26.3 Å². The van der Waals surface area contributed by atoms with Crippen LogP contribution in [0.15, 0.2) is 6.33 Å². The van der Waals surface area contributed by atoms with Crippen LogP contribution in [0.3, 0.4) is 0 Å². The Labute approximate surface area is 132 Å². The third-order valence-corrected chi connectivity index (χ3v) is 3.50. The average molecular weight is 346 g/mol. The topological polar surface area (TPSA) is 147 Å². The summed E-state index contributed by atoms with van der Waals surface area (Å²) >= 11 is 0. The zero-order chi connectivity index (χ0) is 16.9. The van der Waals surface area contributed by atoms with E-state index < -0.39 is 13.9 Å². The maximum Gasteiger partial charge on any atom is 0.350 e. The van der Waals surface area contributed by atoms with Crippen molar-refractivity contribution in [1.29, 1.82) is 0 Å². The number of unbranched alkanes of at least 4 members (excludes halogenated alkanes) is 1. The zero-order valence-corrected chi connectivity index (χ0v) is 13.7. The Morgan fingerprint density at radius 2 is 2.17 bits per heavy atom. The highest BCUT2D eigenvalue weighted by Crippen LogP contribution is 2.33. The van der Waals surface area contributed by atoms with E-state index in [9.17, 15) is 4.57 Å². The summed E-state index contributed by atoms with van der Waals surface area (Å²) in [6.07, 6.45) is 2.96. The van der Waals surface area contributed by atoms with E-state index in [1.54, 1.807) is 10.9 Å². The molecule has 2 rings (SSSR count). The maximum absolute atomic E-state index is 10.7. The molecule has 0 aliphatic carbocycles. The number of hydrogen-bond acceptors (Lipinski definition) is 6. The number of imidazole rings is 1. The van der Waals surface area contributed by atoms with Gasteiger partial charge in [-0.25, -0.2) is 4.57 Å². The van der Waals surface area contributed by atoms with E-state index in [1.807, 2.05) is 0 Å². The summed E-state index contributed by atoms with van der Waals surface area (Å²) in [6.45, 7) is 3.07. The predicted octanol–water partition coefficient (Wildman–Crippen LogP) is 0.158. The minimum Gasteiger partial charge on any atom is -0.475 e. The number of nitrogens with zero attached hydrogens (tertiary/aromatic N) is 3. The molecule has 2 aromatic heterocycles. The third kappa shape index (κ3) is 5.14. The molecule has 0 saturated carbocycles. The van der Waals surface area contributed by atoms with Crippen LogP contribution in [0.2, 0.25) is 0 Å². The van der Waals surface area contributed by atoms with Gasteiger partial charge < -0.3 is 25.0 Å². The Balaban J connectivity index is 2.08. The summed E-state index contributed by atoms with van der Waals surface area (Å²) in [7, 11) is -4.16. The highest BCUT2D eigenvalue weighted by molar-refractivity contribution is 7.51. The van der Waals surface area contributed by atoms with Gasteiger partial charge in [0.2, 0.25) is 5.52 Å². The summed E-state index contributed by atoms with van der Waals surface area (Å²) in [6, 6.07) is 0. The van der Waals surface area contributed by atoms with Crippen LogP contribution < -0.4 is 15.0 Å². The van der Waals surface area contributed by atoms with Gasteiger partial charge in [0.25, 0.3) is 5.88 Å². The molecule has 0 spiro atoms. The van der Waals surface area contributed by atoms with E-state index in [2.05, 4.69) is 21.9 Å². The molecule has 2 heterocycles. The molecule has 0 aliphatic rings. The number of fused-ring (bicyclic) bond motifs is 1. The molecule has 2 aromatic rings. The standard InChI is InChI=1S/C12H20N5O5P/c1-2-3-5-22-11-9-10(15-12(13)16-11)17(7-14-9)4-6-21-8-23(18,19)20/h7H,2-6,8H2,1H3,(H4,13,15,16,18,19,20)/p+1. The number of nitrogens with one attached hydrogen (secondary N) is 1. The molecule has 0 amide bonds. The van der Waals surface area contributed by atoms with Crippen molar-refractivity contribution in [3.63, 3.8) is 0 Å². The Hall–Kier alpha value is -1.74. The number of aromatic nitrogens is 4. The van der Waals surface area contributed by atoms with Gasteiger partial charge >= 0.3 is 19.2 Å². The fourth-order valence-electron chi connectivity index (χ4n) is 1.92. The normalized spacial score (nSPS) is 12.0. The van der Waals surface area contributed by atoms with Crippen molar-refractivity contribution in [3.8, 4) is 5.88 Å². The van der Waals surface area contributed by atoms with Gasteiger partial charge in [0, 0.05) is 0 Å². The van der Waals surface area contributed by atoms with Crippen molar-refractivity contribution >= 4 is 24.7 Å². The lowest BCUT2D eigenvalue weighted by atomic mass is 10.4. The summed E-state index contributed by atoms with van der Waals surface area (Å²) in [5.74, 6) is 0.476. The molecule has 0 bridgehead atoms. The van der Waals surface area contributed by atoms with Gasteiger partial charge in [-0.05, 0) is 6.42 Å². The predicted molar refractivity (Wildman–Crippen MR) is 81.8 cm³/mol. The van der Waals surface area contributed by atoms with Gasteiger partial charge in [0.15, 0.2) is 6.33 Å². The molecular weight excluding hydrogens is 325 g/mol. The molecule has 128 valence electrons. The van der Waals surface area contributed by atoms with Crippen molar-refractivity contribution in [3.05, 3.63) is 6.33 Å². The van der Waals surface area contributed by atoms with Gasteiger partial charge in [-0.3, -0.25) is 9.55 Å². The molecular formula is C12H21N5O5P+.